The largest absolute Gasteiger partial charge is 0.856 e. The van der Waals surface area contributed by atoms with Crippen LogP contribution in [0.2, 0.25) is 0 Å². The Morgan fingerprint density at radius 3 is 2.70 bits per heavy atom. The Labute approximate surface area is 153 Å². The minimum absolute atomic E-state index is 0.155. The van der Waals surface area contributed by atoms with Gasteiger partial charge in [-0.15, -0.1) is 0 Å². The highest BCUT2D eigenvalue weighted by molar-refractivity contribution is 5.83. The lowest BCUT2D eigenvalue weighted by Crippen LogP contribution is -2.49. The van der Waals surface area contributed by atoms with Gasteiger partial charge >= 0.3 is 11.6 Å². The number of aryl methyl sites for hydroxylation is 1. The number of carboxylic acids is 1. The summed E-state index contributed by atoms with van der Waals surface area (Å²) in [5.74, 6) is -2.41. The number of carbonyl (C=O) groups excluding carboxylic acids is 1. The van der Waals surface area contributed by atoms with Gasteiger partial charge in [0.1, 0.15) is 6.04 Å². The SMILES string of the molecule is Cn1c[n+](CC(=O)N[C@H](Cc2ccccc2)C(=O)O)c2nc(N)nc([O-])c21. The van der Waals surface area contributed by atoms with Crippen LogP contribution in [0.1, 0.15) is 5.56 Å². The monoisotopic (exact) mass is 370 g/mol. The Morgan fingerprint density at radius 1 is 1.33 bits per heavy atom. The molecule has 2 heterocycles. The molecule has 3 rings (SSSR count). The molecule has 10 heteroatoms. The number of aromatic nitrogens is 4. The van der Waals surface area contributed by atoms with E-state index in [-0.39, 0.29) is 30.1 Å². The molecule has 0 saturated carbocycles. The summed E-state index contributed by atoms with van der Waals surface area (Å²) < 4.78 is 2.91. The molecule has 1 aromatic carbocycles. The number of nitrogen functional groups attached to an aromatic ring is 1. The van der Waals surface area contributed by atoms with Crippen LogP contribution >= 0.6 is 0 Å². The number of amides is 1. The van der Waals surface area contributed by atoms with E-state index >= 15 is 0 Å². The second-order valence-electron chi connectivity index (χ2n) is 6.06. The van der Waals surface area contributed by atoms with Crippen LogP contribution in [-0.4, -0.2) is 37.6 Å². The first kappa shape index (κ1) is 18.1. The molecule has 4 N–H and O–H groups in total. The Hall–Kier alpha value is -3.69. The van der Waals surface area contributed by atoms with Crippen molar-refractivity contribution >= 4 is 29.0 Å². The standard InChI is InChI=1S/C17H18N6O4/c1-22-9-23(14-13(22)15(25)21-17(18)20-14)8-12(24)19-11(16(26)27)7-10-5-3-2-4-6-10/h2-6,9,11H,7-8H2,1H3,(H4-,18,19,20,21,24,25,26,27)/t11-/m1/s1. The number of nitrogens with two attached hydrogens (primary N) is 1. The van der Waals surface area contributed by atoms with Crippen molar-refractivity contribution in [3.05, 3.63) is 42.2 Å². The first-order chi connectivity index (χ1) is 12.8. The van der Waals surface area contributed by atoms with Crippen molar-refractivity contribution in [3.8, 4) is 5.88 Å². The van der Waals surface area contributed by atoms with Crippen LogP contribution in [0.25, 0.3) is 11.2 Å². The van der Waals surface area contributed by atoms with E-state index in [9.17, 15) is 19.8 Å². The van der Waals surface area contributed by atoms with Gasteiger partial charge < -0.3 is 21.3 Å². The maximum atomic E-state index is 12.4. The van der Waals surface area contributed by atoms with Crippen molar-refractivity contribution in [3.63, 3.8) is 0 Å². The van der Waals surface area contributed by atoms with Gasteiger partial charge in [0.2, 0.25) is 0 Å². The highest BCUT2D eigenvalue weighted by Crippen LogP contribution is 2.16. The summed E-state index contributed by atoms with van der Waals surface area (Å²) in [6.45, 7) is -0.216. The number of benzene rings is 1. The fourth-order valence-electron chi connectivity index (χ4n) is 2.83. The van der Waals surface area contributed by atoms with Crippen molar-refractivity contribution in [1.82, 2.24) is 19.9 Å². The second-order valence-corrected chi connectivity index (χ2v) is 6.06. The molecule has 1 amide bonds. The van der Waals surface area contributed by atoms with Crippen LogP contribution in [0.3, 0.4) is 0 Å². The fraction of sp³-hybridized carbons (Fsp3) is 0.235. The maximum absolute atomic E-state index is 12.4. The van der Waals surface area contributed by atoms with E-state index in [4.69, 9.17) is 5.73 Å². The number of hydrogen-bond donors (Lipinski definition) is 3. The number of hydrogen-bond acceptors (Lipinski definition) is 6. The molecule has 2 aromatic heterocycles. The smallest absolute Gasteiger partial charge is 0.326 e. The van der Waals surface area contributed by atoms with E-state index in [1.54, 1.807) is 31.3 Å². The molecule has 0 fully saturated rings. The number of carbonyl (C=O) groups is 2. The molecule has 27 heavy (non-hydrogen) atoms. The average Bonchev–Trinajstić information content (AvgIpc) is 2.90. The van der Waals surface area contributed by atoms with E-state index in [1.165, 1.54) is 15.5 Å². The number of anilines is 1. The Morgan fingerprint density at radius 2 is 2.04 bits per heavy atom. The average molecular weight is 370 g/mol. The predicted molar refractivity (Wildman–Crippen MR) is 92.3 cm³/mol. The summed E-state index contributed by atoms with van der Waals surface area (Å²) >= 11 is 0. The van der Waals surface area contributed by atoms with Crippen molar-refractivity contribution in [1.29, 1.82) is 0 Å². The fourth-order valence-corrected chi connectivity index (χ4v) is 2.83. The van der Waals surface area contributed by atoms with E-state index in [0.29, 0.717) is 0 Å². The van der Waals surface area contributed by atoms with Gasteiger partial charge in [-0.3, -0.25) is 9.36 Å². The molecule has 0 bridgehead atoms. The first-order valence-corrected chi connectivity index (χ1v) is 8.10. The van der Waals surface area contributed by atoms with Gasteiger partial charge in [-0.25, -0.2) is 14.3 Å². The summed E-state index contributed by atoms with van der Waals surface area (Å²) in [7, 11) is 1.62. The molecule has 10 nitrogen and oxygen atoms in total. The van der Waals surface area contributed by atoms with Crippen molar-refractivity contribution in [2.24, 2.45) is 7.05 Å². The number of fused-ring (bicyclic) bond motifs is 1. The molecular weight excluding hydrogens is 352 g/mol. The summed E-state index contributed by atoms with van der Waals surface area (Å²) in [4.78, 5) is 31.5. The third-order valence-electron chi connectivity index (χ3n) is 4.02. The minimum Gasteiger partial charge on any atom is -0.856 e. The summed E-state index contributed by atoms with van der Waals surface area (Å²) in [6, 6.07) is 7.92. The highest BCUT2D eigenvalue weighted by Gasteiger charge is 2.24. The molecule has 0 aliphatic rings. The van der Waals surface area contributed by atoms with Gasteiger partial charge in [0.05, 0.1) is 7.05 Å². The number of aliphatic carboxylic acids is 1. The lowest BCUT2D eigenvalue weighted by atomic mass is 10.1. The van der Waals surface area contributed by atoms with Gasteiger partial charge in [-0.1, -0.05) is 35.3 Å². The number of rotatable bonds is 6. The van der Waals surface area contributed by atoms with Crippen LogP contribution in [0, 0.1) is 0 Å². The normalized spacial score (nSPS) is 12.0. The van der Waals surface area contributed by atoms with Gasteiger partial charge in [0.15, 0.2) is 18.4 Å². The molecule has 0 saturated heterocycles. The summed E-state index contributed by atoms with van der Waals surface area (Å²) in [6.07, 6.45) is 1.66. The Bertz CT molecular complexity index is 1000. The van der Waals surface area contributed by atoms with Crippen molar-refractivity contribution in [2.75, 3.05) is 5.73 Å². The third-order valence-corrected chi connectivity index (χ3v) is 4.02. The number of imidazole rings is 1. The van der Waals surface area contributed by atoms with Crippen LogP contribution in [0.15, 0.2) is 36.7 Å². The molecule has 0 aliphatic heterocycles. The number of nitrogens with one attached hydrogen (secondary N) is 1. The van der Waals surface area contributed by atoms with E-state index < -0.39 is 23.8 Å². The van der Waals surface area contributed by atoms with E-state index in [0.717, 1.165) is 5.56 Å². The number of carboxylic acid groups (broad SMARTS) is 1. The van der Waals surface area contributed by atoms with Crippen LogP contribution in [0.4, 0.5) is 5.95 Å². The molecule has 0 unspecified atom stereocenters. The molecular formula is C17H18N6O4. The lowest BCUT2D eigenvalue weighted by Gasteiger charge is -2.14. The minimum atomic E-state index is -1.14. The molecule has 3 aromatic rings. The van der Waals surface area contributed by atoms with Gasteiger partial charge in [-0.2, -0.15) is 0 Å². The lowest BCUT2D eigenvalue weighted by molar-refractivity contribution is -0.661. The van der Waals surface area contributed by atoms with Crippen LogP contribution < -0.4 is 20.7 Å². The van der Waals surface area contributed by atoms with Crippen molar-refractivity contribution < 1.29 is 24.4 Å². The highest BCUT2D eigenvalue weighted by atomic mass is 16.4. The topological polar surface area (TPSA) is 150 Å². The second kappa shape index (κ2) is 7.28. The van der Waals surface area contributed by atoms with Crippen molar-refractivity contribution in [2.45, 2.75) is 19.0 Å². The zero-order valence-electron chi connectivity index (χ0n) is 14.5. The van der Waals surface area contributed by atoms with Gasteiger partial charge in [0.25, 0.3) is 11.9 Å². The first-order valence-electron chi connectivity index (χ1n) is 8.10. The zero-order valence-corrected chi connectivity index (χ0v) is 14.5. The van der Waals surface area contributed by atoms with E-state index in [2.05, 4.69) is 15.3 Å². The molecule has 1 atom stereocenters. The zero-order chi connectivity index (χ0) is 19.6. The quantitative estimate of drug-likeness (QED) is 0.457. The molecule has 0 radical (unpaired) electrons. The number of nitrogens with zero attached hydrogens (tertiary/aromatic N) is 4. The summed E-state index contributed by atoms with van der Waals surface area (Å²) in [5.41, 5.74) is 6.72. The maximum Gasteiger partial charge on any atom is 0.326 e. The predicted octanol–water partition coefficient (Wildman–Crippen LogP) is -1.28. The van der Waals surface area contributed by atoms with Gasteiger partial charge in [-0.05, 0) is 5.56 Å². The molecule has 0 aliphatic carbocycles. The Kier molecular flexibility index (Phi) is 4.88. The van der Waals surface area contributed by atoms with Crippen LogP contribution in [0.5, 0.6) is 5.88 Å². The van der Waals surface area contributed by atoms with Gasteiger partial charge in [0, 0.05) is 12.3 Å². The third kappa shape index (κ3) is 3.94. The molecule has 140 valence electrons. The molecule has 0 spiro atoms. The van der Waals surface area contributed by atoms with Crippen LogP contribution in [-0.2, 0) is 29.6 Å². The van der Waals surface area contributed by atoms with E-state index in [1.807, 2.05) is 6.07 Å². The summed E-state index contributed by atoms with van der Waals surface area (Å²) in [5, 5.41) is 23.8. The Balaban J connectivity index is 1.78.